The van der Waals surface area contributed by atoms with E-state index in [2.05, 4.69) is 57.2 Å². The first-order valence-electron chi connectivity index (χ1n) is 10.9. The Morgan fingerprint density at radius 1 is 1.15 bits per heavy atom. The number of aliphatic hydroxyl groups is 1. The molecule has 0 spiro atoms. The fourth-order valence-electron chi connectivity index (χ4n) is 7.51. The van der Waals surface area contributed by atoms with Gasteiger partial charge < -0.3 is 5.11 Å². The first kappa shape index (κ1) is 17.7. The number of allylic oxidation sites excluding steroid dienone is 3. The summed E-state index contributed by atoms with van der Waals surface area (Å²) in [4.78, 5) is 4.40. The molecule has 0 saturated heterocycles. The molecule has 0 aromatic carbocycles. The van der Waals surface area contributed by atoms with Gasteiger partial charge in [-0.15, -0.1) is 0 Å². The van der Waals surface area contributed by atoms with Crippen LogP contribution in [0.3, 0.4) is 0 Å². The molecule has 1 aromatic heterocycles. The zero-order valence-corrected chi connectivity index (χ0v) is 17.0. The number of rotatable bonds is 1. The Hall–Kier alpha value is -1.35. The standard InChI is InChI=1S/C24H32BNO/c1-22-10-7-18(27)14-17(22)5-6-21-20(22)8-11-23(2)19(9-12-24(21,23)25)16-4-3-13-26-15-16/h3-5,9,13,15,18,20-21,27H,6-8,10-12,14,25H2,1-2H3/t18-,20-,21+,22-,23+,24?/m0/s1. The van der Waals surface area contributed by atoms with E-state index < -0.39 is 0 Å². The molecule has 1 unspecified atom stereocenters. The summed E-state index contributed by atoms with van der Waals surface area (Å²) >= 11 is 0. The Morgan fingerprint density at radius 3 is 2.78 bits per heavy atom. The van der Waals surface area contributed by atoms with Gasteiger partial charge in [0.2, 0.25) is 0 Å². The topological polar surface area (TPSA) is 33.1 Å². The molecule has 0 radical (unpaired) electrons. The second-order valence-corrected chi connectivity index (χ2v) is 10.3. The Bertz CT molecular complexity index is 817. The van der Waals surface area contributed by atoms with E-state index in [-0.39, 0.29) is 11.5 Å². The van der Waals surface area contributed by atoms with Crippen LogP contribution < -0.4 is 0 Å². The second-order valence-electron chi connectivity index (χ2n) is 10.3. The fourth-order valence-corrected chi connectivity index (χ4v) is 7.51. The lowest BCUT2D eigenvalue weighted by Crippen LogP contribution is -2.52. The van der Waals surface area contributed by atoms with Crippen LogP contribution in [0.4, 0.5) is 0 Å². The lowest BCUT2D eigenvalue weighted by Gasteiger charge is -2.62. The predicted molar refractivity (Wildman–Crippen MR) is 113 cm³/mol. The van der Waals surface area contributed by atoms with Gasteiger partial charge >= 0.3 is 0 Å². The quantitative estimate of drug-likeness (QED) is 0.587. The van der Waals surface area contributed by atoms with Gasteiger partial charge in [-0.3, -0.25) is 4.98 Å². The van der Waals surface area contributed by atoms with Gasteiger partial charge in [0.25, 0.3) is 0 Å². The highest BCUT2D eigenvalue weighted by molar-refractivity contribution is 6.18. The van der Waals surface area contributed by atoms with Crippen molar-refractivity contribution in [1.82, 2.24) is 4.98 Å². The minimum atomic E-state index is -0.115. The van der Waals surface area contributed by atoms with Crippen molar-refractivity contribution in [3.8, 4) is 0 Å². The first-order valence-corrected chi connectivity index (χ1v) is 10.9. The number of hydrogen-bond acceptors (Lipinski definition) is 2. The van der Waals surface area contributed by atoms with E-state index >= 15 is 0 Å². The molecule has 1 aromatic rings. The van der Waals surface area contributed by atoms with Crippen LogP contribution in [-0.4, -0.2) is 24.0 Å². The Balaban J connectivity index is 1.53. The highest BCUT2D eigenvalue weighted by Gasteiger charge is 2.62. The lowest BCUT2D eigenvalue weighted by molar-refractivity contribution is -0.0154. The summed E-state index contributed by atoms with van der Waals surface area (Å²) in [7, 11) is 2.57. The van der Waals surface area contributed by atoms with Crippen molar-refractivity contribution < 1.29 is 5.11 Å². The number of aliphatic hydroxyl groups excluding tert-OH is 1. The molecule has 1 N–H and O–H groups in total. The molecule has 6 atom stereocenters. The summed E-state index contributed by atoms with van der Waals surface area (Å²) in [5, 5.41) is 10.5. The van der Waals surface area contributed by atoms with E-state index in [1.807, 2.05) is 6.20 Å². The van der Waals surface area contributed by atoms with Crippen LogP contribution in [0.1, 0.15) is 64.4 Å². The van der Waals surface area contributed by atoms with E-state index in [0.29, 0.717) is 10.7 Å². The van der Waals surface area contributed by atoms with Crippen molar-refractivity contribution in [3.05, 3.63) is 47.8 Å². The normalized spacial score (nSPS) is 46.0. The van der Waals surface area contributed by atoms with E-state index in [1.165, 1.54) is 36.8 Å². The smallest absolute Gasteiger partial charge is 0.111 e. The van der Waals surface area contributed by atoms with Crippen molar-refractivity contribution in [2.45, 2.75) is 70.2 Å². The van der Waals surface area contributed by atoms with Crippen LogP contribution in [0, 0.1) is 22.7 Å². The third-order valence-electron chi connectivity index (χ3n) is 9.44. The molecule has 4 aliphatic carbocycles. The van der Waals surface area contributed by atoms with Gasteiger partial charge in [-0.2, -0.15) is 0 Å². The molecule has 142 valence electrons. The van der Waals surface area contributed by atoms with Crippen LogP contribution in [0.25, 0.3) is 5.57 Å². The van der Waals surface area contributed by atoms with Crippen molar-refractivity contribution in [2.75, 3.05) is 0 Å². The number of aromatic nitrogens is 1. The average molecular weight is 361 g/mol. The molecule has 4 aliphatic rings. The van der Waals surface area contributed by atoms with Crippen molar-refractivity contribution in [1.29, 1.82) is 0 Å². The second kappa shape index (κ2) is 5.83. The summed E-state index contributed by atoms with van der Waals surface area (Å²) in [6.45, 7) is 5.04. The molecule has 1 heterocycles. The lowest BCUT2D eigenvalue weighted by atomic mass is 9.36. The zero-order valence-electron chi connectivity index (χ0n) is 17.0. The highest BCUT2D eigenvalue weighted by Crippen LogP contribution is 2.74. The predicted octanol–water partition coefficient (Wildman–Crippen LogP) is 4.57. The molecule has 0 aliphatic heterocycles. The van der Waals surface area contributed by atoms with Gasteiger partial charge in [0, 0.05) is 12.4 Å². The summed E-state index contributed by atoms with van der Waals surface area (Å²) in [5.41, 5.74) is 4.97. The van der Waals surface area contributed by atoms with Gasteiger partial charge in [-0.25, -0.2) is 0 Å². The molecule has 3 heteroatoms. The monoisotopic (exact) mass is 361 g/mol. The largest absolute Gasteiger partial charge is 0.393 e. The molecule has 2 fully saturated rings. The van der Waals surface area contributed by atoms with Gasteiger partial charge in [-0.05, 0) is 90.1 Å². The van der Waals surface area contributed by atoms with Crippen LogP contribution in [0.5, 0.6) is 0 Å². The number of fused-ring (bicyclic) bond motifs is 5. The molecular formula is C24H32BNO. The van der Waals surface area contributed by atoms with Gasteiger partial charge in [0.05, 0.1) is 6.10 Å². The Morgan fingerprint density at radius 2 is 2.00 bits per heavy atom. The highest BCUT2D eigenvalue weighted by atomic mass is 16.3. The van der Waals surface area contributed by atoms with Gasteiger partial charge in [-0.1, -0.05) is 37.6 Å². The summed E-state index contributed by atoms with van der Waals surface area (Å²) in [5.74, 6) is 1.51. The molecule has 0 amide bonds. The molecule has 27 heavy (non-hydrogen) atoms. The third-order valence-corrected chi connectivity index (χ3v) is 9.44. The van der Waals surface area contributed by atoms with E-state index in [0.717, 1.165) is 31.1 Å². The summed E-state index contributed by atoms with van der Waals surface area (Å²) in [6.07, 6.45) is 16.9. The molecule has 2 saturated carbocycles. The van der Waals surface area contributed by atoms with E-state index in [9.17, 15) is 5.11 Å². The summed E-state index contributed by atoms with van der Waals surface area (Å²) < 4.78 is 0. The Labute approximate surface area is 164 Å². The SMILES string of the molecule is BC12CC=C(c3cccnc3)[C@@]1(C)CC[C@H]1[C@H]2CC=C2C[C@@H](O)CC[C@@]21C. The molecule has 5 rings (SSSR count). The third kappa shape index (κ3) is 2.27. The van der Waals surface area contributed by atoms with Crippen molar-refractivity contribution in [2.24, 2.45) is 22.7 Å². The first-order chi connectivity index (χ1) is 12.9. The minimum absolute atomic E-state index is 0.115. The van der Waals surface area contributed by atoms with Crippen LogP contribution in [0.2, 0.25) is 5.31 Å². The van der Waals surface area contributed by atoms with Crippen LogP contribution in [0.15, 0.2) is 42.3 Å². The molecule has 0 bridgehead atoms. The minimum Gasteiger partial charge on any atom is -0.393 e. The van der Waals surface area contributed by atoms with E-state index in [4.69, 9.17) is 0 Å². The zero-order chi connectivity index (χ0) is 18.9. The molecule has 2 nitrogen and oxygen atoms in total. The van der Waals surface area contributed by atoms with Crippen molar-refractivity contribution in [3.63, 3.8) is 0 Å². The van der Waals surface area contributed by atoms with Crippen LogP contribution in [-0.2, 0) is 0 Å². The Kier molecular flexibility index (Phi) is 3.83. The maximum absolute atomic E-state index is 10.2. The van der Waals surface area contributed by atoms with Crippen molar-refractivity contribution >= 4 is 13.4 Å². The number of pyridine rings is 1. The van der Waals surface area contributed by atoms with Gasteiger partial charge in [0.1, 0.15) is 7.85 Å². The van der Waals surface area contributed by atoms with Gasteiger partial charge in [0.15, 0.2) is 0 Å². The average Bonchev–Trinajstić information content (AvgIpc) is 2.94. The molecular weight excluding hydrogens is 329 g/mol. The van der Waals surface area contributed by atoms with Crippen LogP contribution >= 0.6 is 0 Å². The number of hydrogen-bond donors (Lipinski definition) is 1. The summed E-state index contributed by atoms with van der Waals surface area (Å²) in [6, 6.07) is 4.31. The number of nitrogens with zero attached hydrogens (tertiary/aromatic N) is 1. The maximum Gasteiger partial charge on any atom is 0.111 e. The van der Waals surface area contributed by atoms with E-state index in [1.54, 1.807) is 5.57 Å². The maximum atomic E-state index is 10.2. The fraction of sp³-hybridized carbons (Fsp3) is 0.625.